The predicted octanol–water partition coefficient (Wildman–Crippen LogP) is 2.30. The van der Waals surface area contributed by atoms with Crippen molar-refractivity contribution in [1.82, 2.24) is 10.6 Å². The molecule has 0 radical (unpaired) electrons. The summed E-state index contributed by atoms with van der Waals surface area (Å²) >= 11 is 0. The molecule has 0 saturated carbocycles. The number of urea groups is 1. The van der Waals surface area contributed by atoms with Crippen molar-refractivity contribution in [3.8, 4) is 5.75 Å². The monoisotopic (exact) mass is 312 g/mol. The third-order valence-corrected chi connectivity index (χ3v) is 3.21. The third kappa shape index (κ3) is 7.26. The van der Waals surface area contributed by atoms with E-state index in [-0.39, 0.29) is 29.9 Å². The molecule has 0 fully saturated rings. The summed E-state index contributed by atoms with van der Waals surface area (Å²) < 4.78 is 18.2. The van der Waals surface area contributed by atoms with Gasteiger partial charge in [-0.15, -0.1) is 0 Å². The Hall–Kier alpha value is -1.82. The third-order valence-electron chi connectivity index (χ3n) is 3.21. The highest BCUT2D eigenvalue weighted by atomic mass is 19.1. The van der Waals surface area contributed by atoms with Crippen LogP contribution in [0.1, 0.15) is 27.2 Å². The van der Waals surface area contributed by atoms with Gasteiger partial charge in [-0.2, -0.15) is 0 Å². The molecule has 0 aliphatic rings. The number of aliphatic hydroxyl groups is 1. The second-order valence-electron chi connectivity index (χ2n) is 6.13. The Morgan fingerprint density at radius 2 is 2.00 bits per heavy atom. The Morgan fingerprint density at radius 1 is 1.36 bits per heavy atom. The summed E-state index contributed by atoms with van der Waals surface area (Å²) in [6.07, 6.45) is 0.622. The molecule has 1 unspecified atom stereocenters. The van der Waals surface area contributed by atoms with E-state index in [0.717, 1.165) is 0 Å². The lowest BCUT2D eigenvalue weighted by Crippen LogP contribution is -2.46. The van der Waals surface area contributed by atoms with Crippen molar-refractivity contribution in [1.29, 1.82) is 0 Å². The largest absolute Gasteiger partial charge is 0.491 e. The van der Waals surface area contributed by atoms with Crippen molar-refractivity contribution in [3.63, 3.8) is 0 Å². The molecule has 0 heterocycles. The van der Waals surface area contributed by atoms with Gasteiger partial charge in [0.2, 0.25) is 0 Å². The van der Waals surface area contributed by atoms with Crippen LogP contribution < -0.4 is 15.4 Å². The van der Waals surface area contributed by atoms with E-state index in [2.05, 4.69) is 10.6 Å². The molecule has 1 aromatic rings. The maximum Gasteiger partial charge on any atom is 0.315 e. The van der Waals surface area contributed by atoms with Gasteiger partial charge in [0.25, 0.3) is 0 Å². The van der Waals surface area contributed by atoms with E-state index < -0.39 is 0 Å². The van der Waals surface area contributed by atoms with Gasteiger partial charge in [-0.3, -0.25) is 0 Å². The van der Waals surface area contributed by atoms with Crippen LogP contribution in [-0.4, -0.2) is 36.9 Å². The number of nitrogens with one attached hydrogen (secondary N) is 2. The fourth-order valence-electron chi connectivity index (χ4n) is 1.78. The van der Waals surface area contributed by atoms with Crippen LogP contribution in [0.15, 0.2) is 24.3 Å². The number of amides is 2. The van der Waals surface area contributed by atoms with Crippen molar-refractivity contribution in [2.24, 2.45) is 5.41 Å². The average Bonchev–Trinajstić information content (AvgIpc) is 2.45. The fraction of sp³-hybridized carbons (Fsp3) is 0.562. The van der Waals surface area contributed by atoms with Gasteiger partial charge in [-0.1, -0.05) is 13.8 Å². The van der Waals surface area contributed by atoms with Crippen LogP contribution in [0.2, 0.25) is 0 Å². The van der Waals surface area contributed by atoms with Crippen molar-refractivity contribution < 1.29 is 19.0 Å². The van der Waals surface area contributed by atoms with Gasteiger partial charge in [-0.25, -0.2) is 9.18 Å². The highest BCUT2D eigenvalue weighted by molar-refractivity contribution is 5.74. The van der Waals surface area contributed by atoms with Gasteiger partial charge in [0.05, 0.1) is 6.04 Å². The van der Waals surface area contributed by atoms with Gasteiger partial charge in [0.1, 0.15) is 18.2 Å². The van der Waals surface area contributed by atoms with Gasteiger partial charge in [0, 0.05) is 13.2 Å². The quantitative estimate of drug-likeness (QED) is 0.690. The first-order chi connectivity index (χ1) is 10.3. The SMILES string of the molecule is CC(COc1ccc(F)cc1)NC(=O)NCC(C)(C)CCO. The highest BCUT2D eigenvalue weighted by Crippen LogP contribution is 2.17. The van der Waals surface area contributed by atoms with Crippen LogP contribution in [-0.2, 0) is 0 Å². The Bertz CT molecular complexity index is 463. The Balaban J connectivity index is 2.27. The summed E-state index contributed by atoms with van der Waals surface area (Å²) in [7, 11) is 0. The Morgan fingerprint density at radius 3 is 2.59 bits per heavy atom. The maximum atomic E-state index is 12.8. The molecule has 6 heteroatoms. The number of hydrogen-bond donors (Lipinski definition) is 3. The fourth-order valence-corrected chi connectivity index (χ4v) is 1.78. The summed E-state index contributed by atoms with van der Waals surface area (Å²) in [5.74, 6) is 0.239. The molecule has 0 saturated heterocycles. The molecular weight excluding hydrogens is 287 g/mol. The lowest BCUT2D eigenvalue weighted by atomic mass is 9.90. The molecule has 22 heavy (non-hydrogen) atoms. The standard InChI is InChI=1S/C16H25FN2O3/c1-12(10-22-14-6-4-13(17)5-7-14)19-15(21)18-11-16(2,3)8-9-20/h4-7,12,20H,8-11H2,1-3H3,(H2,18,19,21). The van der Waals surface area contributed by atoms with Crippen LogP contribution in [0.4, 0.5) is 9.18 Å². The number of hydrogen-bond acceptors (Lipinski definition) is 3. The van der Waals surface area contributed by atoms with Gasteiger partial charge in [-0.05, 0) is 43.0 Å². The average molecular weight is 312 g/mol. The molecule has 3 N–H and O–H groups in total. The molecule has 1 atom stereocenters. The molecule has 124 valence electrons. The van der Waals surface area contributed by atoms with E-state index in [1.165, 1.54) is 12.1 Å². The number of benzene rings is 1. The predicted molar refractivity (Wildman–Crippen MR) is 83.4 cm³/mol. The first kappa shape index (κ1) is 18.2. The zero-order valence-corrected chi connectivity index (χ0v) is 13.4. The van der Waals surface area contributed by atoms with Crippen LogP contribution >= 0.6 is 0 Å². The topological polar surface area (TPSA) is 70.6 Å². The van der Waals surface area contributed by atoms with E-state index in [0.29, 0.717) is 25.3 Å². The Kier molecular flexibility index (Phi) is 7.11. The Labute approximate surface area is 130 Å². The molecule has 5 nitrogen and oxygen atoms in total. The number of carbonyl (C=O) groups is 1. The molecule has 1 aromatic carbocycles. The van der Waals surface area contributed by atoms with Crippen LogP contribution in [0.5, 0.6) is 5.75 Å². The molecule has 1 rings (SSSR count). The van der Waals surface area contributed by atoms with Crippen molar-refractivity contribution in [3.05, 3.63) is 30.1 Å². The van der Waals surface area contributed by atoms with Crippen LogP contribution in [0.3, 0.4) is 0 Å². The van der Waals surface area contributed by atoms with E-state index in [1.807, 2.05) is 20.8 Å². The summed E-state index contributed by atoms with van der Waals surface area (Å²) in [4.78, 5) is 11.8. The minimum absolute atomic E-state index is 0.0954. The van der Waals surface area contributed by atoms with Crippen LogP contribution in [0.25, 0.3) is 0 Å². The first-order valence-electron chi connectivity index (χ1n) is 7.36. The second kappa shape index (κ2) is 8.58. The smallest absolute Gasteiger partial charge is 0.315 e. The zero-order chi connectivity index (χ0) is 16.6. The minimum atomic E-state index is -0.316. The number of rotatable bonds is 8. The van der Waals surface area contributed by atoms with Crippen molar-refractivity contribution in [2.45, 2.75) is 33.2 Å². The lowest BCUT2D eigenvalue weighted by Gasteiger charge is -2.24. The molecule has 0 spiro atoms. The summed E-state index contributed by atoms with van der Waals surface area (Å²) in [6, 6.07) is 5.26. The summed E-state index contributed by atoms with van der Waals surface area (Å²) in [5.41, 5.74) is -0.153. The molecular formula is C16H25FN2O3. The lowest BCUT2D eigenvalue weighted by molar-refractivity contribution is 0.198. The van der Waals surface area contributed by atoms with Crippen molar-refractivity contribution >= 4 is 6.03 Å². The highest BCUT2D eigenvalue weighted by Gasteiger charge is 2.18. The van der Waals surface area contributed by atoms with Gasteiger partial charge >= 0.3 is 6.03 Å². The number of aliphatic hydroxyl groups excluding tert-OH is 1. The van der Waals surface area contributed by atoms with E-state index >= 15 is 0 Å². The van der Waals surface area contributed by atoms with Gasteiger partial charge < -0.3 is 20.5 Å². The van der Waals surface area contributed by atoms with E-state index in [1.54, 1.807) is 12.1 Å². The molecule has 2 amide bonds. The normalized spacial score (nSPS) is 12.6. The number of ether oxygens (including phenoxy) is 1. The van der Waals surface area contributed by atoms with Gasteiger partial charge in [0.15, 0.2) is 0 Å². The zero-order valence-electron chi connectivity index (χ0n) is 13.4. The van der Waals surface area contributed by atoms with Crippen molar-refractivity contribution in [2.75, 3.05) is 19.8 Å². The molecule has 0 aromatic heterocycles. The summed E-state index contributed by atoms with van der Waals surface area (Å²) in [6.45, 7) is 6.64. The summed E-state index contributed by atoms with van der Waals surface area (Å²) in [5, 5.41) is 14.5. The maximum absolute atomic E-state index is 12.8. The molecule has 0 bridgehead atoms. The van der Waals surface area contributed by atoms with Crippen LogP contribution in [0, 0.1) is 11.2 Å². The first-order valence-corrected chi connectivity index (χ1v) is 7.36. The number of carbonyl (C=O) groups excluding carboxylic acids is 1. The van der Waals surface area contributed by atoms with E-state index in [9.17, 15) is 9.18 Å². The number of halogens is 1. The minimum Gasteiger partial charge on any atom is -0.491 e. The molecule has 0 aliphatic heterocycles. The van der Waals surface area contributed by atoms with E-state index in [4.69, 9.17) is 9.84 Å². The second-order valence-corrected chi connectivity index (χ2v) is 6.13. The molecule has 0 aliphatic carbocycles.